The Kier molecular flexibility index (Phi) is 5.65. The van der Waals surface area contributed by atoms with Crippen molar-refractivity contribution in [3.63, 3.8) is 0 Å². The third kappa shape index (κ3) is 4.13. The summed E-state index contributed by atoms with van der Waals surface area (Å²) in [6.45, 7) is 2.11. The molecule has 1 aromatic rings. The van der Waals surface area contributed by atoms with Gasteiger partial charge in [0, 0.05) is 27.5 Å². The lowest BCUT2D eigenvalue weighted by Gasteiger charge is -2.11. The van der Waals surface area contributed by atoms with Crippen molar-refractivity contribution >= 4 is 35.0 Å². The molecule has 0 saturated heterocycles. The van der Waals surface area contributed by atoms with Crippen LogP contribution in [0.15, 0.2) is 18.2 Å². The number of rotatable bonds is 5. The zero-order valence-electron chi connectivity index (χ0n) is 8.80. The van der Waals surface area contributed by atoms with E-state index in [1.54, 1.807) is 18.9 Å². The molecule has 1 nitrogen and oxygen atoms in total. The van der Waals surface area contributed by atoms with Crippen LogP contribution < -0.4 is 4.74 Å². The average molecular weight is 265 g/mol. The lowest BCUT2D eigenvalue weighted by Crippen LogP contribution is -1.99. The Balaban J connectivity index is 2.69. The fourth-order valence-electron chi connectivity index (χ4n) is 1.14. The molecule has 0 aliphatic heterocycles. The van der Waals surface area contributed by atoms with Gasteiger partial charge in [0.2, 0.25) is 0 Å². The standard InChI is InChI=1S/C11H14Cl2OS/c1-8(6-12)15-7-9-5-10(13)3-4-11(9)14-2/h3-5,8H,6-7H2,1-2H3. The quantitative estimate of drug-likeness (QED) is 0.737. The highest BCUT2D eigenvalue weighted by molar-refractivity contribution is 7.99. The van der Waals surface area contributed by atoms with Crippen LogP contribution in [0.25, 0.3) is 0 Å². The Labute approximate surface area is 105 Å². The monoisotopic (exact) mass is 264 g/mol. The van der Waals surface area contributed by atoms with Gasteiger partial charge in [0.05, 0.1) is 7.11 Å². The lowest BCUT2D eigenvalue weighted by molar-refractivity contribution is 0.411. The summed E-state index contributed by atoms with van der Waals surface area (Å²) < 4.78 is 5.26. The summed E-state index contributed by atoms with van der Waals surface area (Å²) in [6.07, 6.45) is 0. The van der Waals surface area contributed by atoms with Gasteiger partial charge in [-0.2, -0.15) is 11.8 Å². The molecule has 0 N–H and O–H groups in total. The fraction of sp³-hybridized carbons (Fsp3) is 0.455. The van der Waals surface area contributed by atoms with Crippen LogP contribution in [0.4, 0.5) is 0 Å². The molecule has 0 spiro atoms. The molecule has 0 aromatic heterocycles. The van der Waals surface area contributed by atoms with Gasteiger partial charge in [0.25, 0.3) is 0 Å². The number of benzene rings is 1. The van der Waals surface area contributed by atoms with Crippen molar-refractivity contribution in [1.82, 2.24) is 0 Å². The zero-order valence-corrected chi connectivity index (χ0v) is 11.1. The van der Waals surface area contributed by atoms with E-state index in [1.165, 1.54) is 0 Å². The number of thioether (sulfide) groups is 1. The summed E-state index contributed by atoms with van der Waals surface area (Å²) in [5.74, 6) is 2.42. The summed E-state index contributed by atoms with van der Waals surface area (Å²) in [6, 6.07) is 5.66. The van der Waals surface area contributed by atoms with E-state index >= 15 is 0 Å². The second-order valence-electron chi connectivity index (χ2n) is 3.23. The Morgan fingerprint density at radius 1 is 1.47 bits per heavy atom. The maximum atomic E-state index is 5.93. The number of halogens is 2. The predicted octanol–water partition coefficient (Wildman–Crippen LogP) is 4.21. The SMILES string of the molecule is COc1ccc(Cl)cc1CSC(C)CCl. The van der Waals surface area contributed by atoms with Crippen LogP contribution in [-0.2, 0) is 5.75 Å². The molecule has 1 atom stereocenters. The second-order valence-corrected chi connectivity index (χ2v) is 5.40. The van der Waals surface area contributed by atoms with Crippen LogP contribution in [0.5, 0.6) is 5.75 Å². The molecule has 84 valence electrons. The maximum Gasteiger partial charge on any atom is 0.122 e. The van der Waals surface area contributed by atoms with Gasteiger partial charge in [-0.3, -0.25) is 0 Å². The third-order valence-corrected chi connectivity index (χ3v) is 4.08. The van der Waals surface area contributed by atoms with Crippen LogP contribution >= 0.6 is 35.0 Å². The molecule has 0 fully saturated rings. The van der Waals surface area contributed by atoms with Crippen molar-refractivity contribution in [2.24, 2.45) is 0 Å². The number of ether oxygens (including phenoxy) is 1. The molecular formula is C11H14Cl2OS. The molecule has 0 bridgehead atoms. The molecule has 15 heavy (non-hydrogen) atoms. The largest absolute Gasteiger partial charge is 0.496 e. The van der Waals surface area contributed by atoms with Gasteiger partial charge in [0.15, 0.2) is 0 Å². The first-order valence-corrected chi connectivity index (χ1v) is 6.63. The van der Waals surface area contributed by atoms with E-state index in [-0.39, 0.29) is 0 Å². The van der Waals surface area contributed by atoms with Crippen LogP contribution in [0.3, 0.4) is 0 Å². The highest BCUT2D eigenvalue weighted by Gasteiger charge is 2.06. The van der Waals surface area contributed by atoms with Crippen LogP contribution in [-0.4, -0.2) is 18.2 Å². The fourth-order valence-corrected chi connectivity index (χ4v) is 2.38. The summed E-state index contributed by atoms with van der Waals surface area (Å²) in [5.41, 5.74) is 1.12. The topological polar surface area (TPSA) is 9.23 Å². The van der Waals surface area contributed by atoms with E-state index in [1.807, 2.05) is 18.2 Å². The molecule has 1 rings (SSSR count). The van der Waals surface area contributed by atoms with Crippen molar-refractivity contribution in [1.29, 1.82) is 0 Å². The molecule has 0 aliphatic carbocycles. The van der Waals surface area contributed by atoms with E-state index in [2.05, 4.69) is 6.92 Å². The van der Waals surface area contributed by atoms with Crippen molar-refractivity contribution in [2.75, 3.05) is 13.0 Å². The van der Waals surface area contributed by atoms with E-state index in [0.29, 0.717) is 11.1 Å². The van der Waals surface area contributed by atoms with Crippen LogP contribution in [0.2, 0.25) is 5.02 Å². The first-order chi connectivity index (χ1) is 7.17. The number of alkyl halides is 1. The highest BCUT2D eigenvalue weighted by atomic mass is 35.5. The molecule has 0 heterocycles. The van der Waals surface area contributed by atoms with Crippen molar-refractivity contribution < 1.29 is 4.74 Å². The van der Waals surface area contributed by atoms with Crippen molar-refractivity contribution in [3.05, 3.63) is 28.8 Å². The predicted molar refractivity (Wildman–Crippen MR) is 69.5 cm³/mol. The third-order valence-electron chi connectivity index (χ3n) is 1.98. The van der Waals surface area contributed by atoms with Crippen LogP contribution in [0.1, 0.15) is 12.5 Å². The number of methoxy groups -OCH3 is 1. The molecule has 1 unspecified atom stereocenters. The first kappa shape index (κ1) is 13.0. The number of hydrogen-bond donors (Lipinski definition) is 0. The molecular weight excluding hydrogens is 251 g/mol. The minimum Gasteiger partial charge on any atom is -0.496 e. The Morgan fingerprint density at radius 3 is 2.80 bits per heavy atom. The van der Waals surface area contributed by atoms with Gasteiger partial charge >= 0.3 is 0 Å². The van der Waals surface area contributed by atoms with Crippen molar-refractivity contribution in [3.8, 4) is 5.75 Å². The van der Waals surface area contributed by atoms with Gasteiger partial charge in [0.1, 0.15) is 5.75 Å². The zero-order chi connectivity index (χ0) is 11.3. The van der Waals surface area contributed by atoms with Gasteiger partial charge in [-0.1, -0.05) is 18.5 Å². The minimum atomic E-state index is 0.440. The van der Waals surface area contributed by atoms with Gasteiger partial charge < -0.3 is 4.74 Å². The van der Waals surface area contributed by atoms with Crippen LogP contribution in [0, 0.1) is 0 Å². The summed E-state index contributed by atoms with van der Waals surface area (Å²) in [4.78, 5) is 0. The minimum absolute atomic E-state index is 0.440. The average Bonchev–Trinajstić information content (AvgIpc) is 2.26. The molecule has 0 saturated carbocycles. The molecule has 4 heteroatoms. The van der Waals surface area contributed by atoms with Crippen molar-refractivity contribution in [2.45, 2.75) is 17.9 Å². The Hall–Kier alpha value is -0.0500. The van der Waals surface area contributed by atoms with E-state index in [0.717, 1.165) is 22.1 Å². The van der Waals surface area contributed by atoms with Gasteiger partial charge in [-0.15, -0.1) is 11.6 Å². The molecule has 1 aromatic carbocycles. The lowest BCUT2D eigenvalue weighted by atomic mass is 10.2. The van der Waals surface area contributed by atoms with E-state index in [4.69, 9.17) is 27.9 Å². The van der Waals surface area contributed by atoms with Gasteiger partial charge in [-0.25, -0.2) is 0 Å². The summed E-state index contributed by atoms with van der Waals surface area (Å²) >= 11 is 13.5. The molecule has 0 amide bonds. The normalized spacial score (nSPS) is 12.5. The number of hydrogen-bond acceptors (Lipinski definition) is 2. The smallest absolute Gasteiger partial charge is 0.122 e. The molecule has 0 aliphatic rings. The van der Waals surface area contributed by atoms with E-state index in [9.17, 15) is 0 Å². The second kappa shape index (κ2) is 6.51. The summed E-state index contributed by atoms with van der Waals surface area (Å²) in [7, 11) is 1.67. The molecule has 0 radical (unpaired) electrons. The van der Waals surface area contributed by atoms with E-state index < -0.39 is 0 Å². The Bertz CT molecular complexity index is 317. The Morgan fingerprint density at radius 2 is 2.20 bits per heavy atom. The maximum absolute atomic E-state index is 5.93. The first-order valence-electron chi connectivity index (χ1n) is 4.67. The van der Waals surface area contributed by atoms with Gasteiger partial charge in [-0.05, 0) is 18.2 Å². The summed E-state index contributed by atoms with van der Waals surface area (Å²) in [5, 5.41) is 1.18. The highest BCUT2D eigenvalue weighted by Crippen LogP contribution is 2.28.